The molecule has 1 N–H and O–H groups in total. The van der Waals surface area contributed by atoms with Crippen molar-refractivity contribution in [3.05, 3.63) is 59.2 Å². The quantitative estimate of drug-likeness (QED) is 0.739. The lowest BCUT2D eigenvalue weighted by atomic mass is 10.1. The summed E-state index contributed by atoms with van der Waals surface area (Å²) in [5.74, 6) is 1.46. The SMILES string of the molecule is CCC(Oc1cccc(C)c1)C(=O)NCCOc1cc(C)ccc1C. The molecule has 0 aliphatic rings. The number of hydrogen-bond acceptors (Lipinski definition) is 3. The van der Waals surface area contributed by atoms with Gasteiger partial charge in [0.05, 0.1) is 6.54 Å². The number of carbonyl (C=O) groups is 1. The number of benzene rings is 2. The second kappa shape index (κ2) is 9.11. The average molecular weight is 341 g/mol. The number of rotatable bonds is 8. The summed E-state index contributed by atoms with van der Waals surface area (Å²) in [6.07, 6.45) is 0.111. The Hall–Kier alpha value is -2.49. The molecule has 0 bridgehead atoms. The van der Waals surface area contributed by atoms with Crippen molar-refractivity contribution >= 4 is 5.91 Å². The third kappa shape index (κ3) is 5.82. The maximum absolute atomic E-state index is 12.3. The van der Waals surface area contributed by atoms with Crippen LogP contribution in [0.3, 0.4) is 0 Å². The third-order valence-electron chi connectivity index (χ3n) is 3.93. The first-order valence-electron chi connectivity index (χ1n) is 8.70. The zero-order valence-corrected chi connectivity index (χ0v) is 15.5. The predicted molar refractivity (Wildman–Crippen MR) is 100 cm³/mol. The first kappa shape index (κ1) is 18.8. The number of nitrogens with one attached hydrogen (secondary N) is 1. The Morgan fingerprint density at radius 1 is 1.08 bits per heavy atom. The summed E-state index contributed by atoms with van der Waals surface area (Å²) in [5.41, 5.74) is 3.35. The van der Waals surface area contributed by atoms with E-state index in [2.05, 4.69) is 11.4 Å². The molecular formula is C21H27NO3. The van der Waals surface area contributed by atoms with Gasteiger partial charge in [0.2, 0.25) is 0 Å². The Kier molecular flexibility index (Phi) is 6.87. The Bertz CT molecular complexity index is 712. The standard InChI is InChI=1S/C21H27NO3/c1-5-19(25-18-8-6-7-15(2)13-18)21(23)22-11-12-24-20-14-16(3)9-10-17(20)4/h6-10,13-14,19H,5,11-12H2,1-4H3,(H,22,23). The van der Waals surface area contributed by atoms with E-state index < -0.39 is 6.10 Å². The smallest absolute Gasteiger partial charge is 0.261 e. The summed E-state index contributed by atoms with van der Waals surface area (Å²) in [7, 11) is 0. The van der Waals surface area contributed by atoms with E-state index in [9.17, 15) is 4.79 Å². The van der Waals surface area contributed by atoms with Crippen molar-refractivity contribution in [3.8, 4) is 11.5 Å². The maximum Gasteiger partial charge on any atom is 0.261 e. The van der Waals surface area contributed by atoms with Crippen LogP contribution >= 0.6 is 0 Å². The van der Waals surface area contributed by atoms with Crippen molar-refractivity contribution in [2.75, 3.05) is 13.2 Å². The number of carbonyl (C=O) groups excluding carboxylic acids is 1. The van der Waals surface area contributed by atoms with Crippen molar-refractivity contribution in [1.82, 2.24) is 5.32 Å². The number of amides is 1. The van der Waals surface area contributed by atoms with E-state index in [4.69, 9.17) is 9.47 Å². The van der Waals surface area contributed by atoms with Gasteiger partial charge in [-0.15, -0.1) is 0 Å². The molecule has 0 spiro atoms. The molecule has 25 heavy (non-hydrogen) atoms. The molecule has 0 fully saturated rings. The lowest BCUT2D eigenvalue weighted by Gasteiger charge is -2.18. The van der Waals surface area contributed by atoms with Gasteiger partial charge in [-0.1, -0.05) is 31.2 Å². The summed E-state index contributed by atoms with van der Waals surface area (Å²) in [5, 5.41) is 2.88. The highest BCUT2D eigenvalue weighted by Gasteiger charge is 2.17. The van der Waals surface area contributed by atoms with Gasteiger partial charge in [-0.3, -0.25) is 4.79 Å². The first-order valence-corrected chi connectivity index (χ1v) is 8.70. The van der Waals surface area contributed by atoms with Crippen LogP contribution in [-0.2, 0) is 4.79 Å². The molecule has 1 atom stereocenters. The van der Waals surface area contributed by atoms with Gasteiger partial charge in [0, 0.05) is 0 Å². The van der Waals surface area contributed by atoms with Gasteiger partial charge >= 0.3 is 0 Å². The van der Waals surface area contributed by atoms with Gasteiger partial charge in [-0.25, -0.2) is 0 Å². The van der Waals surface area contributed by atoms with E-state index in [1.54, 1.807) is 0 Å². The molecule has 0 saturated heterocycles. The monoisotopic (exact) mass is 341 g/mol. The Morgan fingerprint density at radius 2 is 1.84 bits per heavy atom. The molecular weight excluding hydrogens is 314 g/mol. The second-order valence-corrected chi connectivity index (χ2v) is 6.24. The zero-order valence-electron chi connectivity index (χ0n) is 15.5. The van der Waals surface area contributed by atoms with Crippen molar-refractivity contribution < 1.29 is 14.3 Å². The fraction of sp³-hybridized carbons (Fsp3) is 0.381. The van der Waals surface area contributed by atoms with Crippen LogP contribution in [0.15, 0.2) is 42.5 Å². The highest BCUT2D eigenvalue weighted by atomic mass is 16.5. The zero-order chi connectivity index (χ0) is 18.2. The Morgan fingerprint density at radius 3 is 2.56 bits per heavy atom. The Balaban J connectivity index is 1.80. The predicted octanol–water partition coefficient (Wildman–Crippen LogP) is 3.96. The normalized spacial score (nSPS) is 11.7. The highest BCUT2D eigenvalue weighted by molar-refractivity contribution is 5.81. The molecule has 0 aliphatic heterocycles. The summed E-state index contributed by atoms with van der Waals surface area (Å²) in [6, 6.07) is 13.8. The van der Waals surface area contributed by atoms with Crippen LogP contribution in [0.1, 0.15) is 30.0 Å². The molecule has 0 aliphatic carbocycles. The molecule has 2 aromatic rings. The summed E-state index contributed by atoms with van der Waals surface area (Å²) in [6.45, 7) is 8.85. The lowest BCUT2D eigenvalue weighted by Crippen LogP contribution is -2.39. The summed E-state index contributed by atoms with van der Waals surface area (Å²) in [4.78, 5) is 12.3. The van der Waals surface area contributed by atoms with Gasteiger partial charge in [-0.2, -0.15) is 0 Å². The van der Waals surface area contributed by atoms with Crippen molar-refractivity contribution in [2.45, 2.75) is 40.2 Å². The fourth-order valence-electron chi connectivity index (χ4n) is 2.49. The van der Waals surface area contributed by atoms with Crippen LogP contribution in [0.2, 0.25) is 0 Å². The third-order valence-corrected chi connectivity index (χ3v) is 3.93. The molecule has 0 heterocycles. The van der Waals surface area contributed by atoms with Crippen LogP contribution in [0.4, 0.5) is 0 Å². The van der Waals surface area contributed by atoms with Crippen LogP contribution in [0.5, 0.6) is 11.5 Å². The van der Waals surface area contributed by atoms with Crippen molar-refractivity contribution in [1.29, 1.82) is 0 Å². The van der Waals surface area contributed by atoms with Gasteiger partial charge in [-0.05, 0) is 62.1 Å². The topological polar surface area (TPSA) is 47.6 Å². The minimum absolute atomic E-state index is 0.117. The summed E-state index contributed by atoms with van der Waals surface area (Å²) >= 11 is 0. The van der Waals surface area contributed by atoms with E-state index in [0.717, 1.165) is 22.4 Å². The molecule has 0 radical (unpaired) electrons. The second-order valence-electron chi connectivity index (χ2n) is 6.24. The Labute approximate surface area is 150 Å². The van der Waals surface area contributed by atoms with Gasteiger partial charge < -0.3 is 14.8 Å². The number of hydrogen-bond donors (Lipinski definition) is 1. The fourth-order valence-corrected chi connectivity index (χ4v) is 2.49. The van der Waals surface area contributed by atoms with E-state index in [1.807, 2.05) is 64.1 Å². The van der Waals surface area contributed by atoms with Crippen LogP contribution in [0, 0.1) is 20.8 Å². The minimum Gasteiger partial charge on any atom is -0.491 e. The number of ether oxygens (including phenoxy) is 2. The van der Waals surface area contributed by atoms with Crippen LogP contribution in [-0.4, -0.2) is 25.2 Å². The highest BCUT2D eigenvalue weighted by Crippen LogP contribution is 2.19. The number of aryl methyl sites for hydroxylation is 3. The molecule has 4 heteroatoms. The molecule has 0 aromatic heterocycles. The molecule has 4 nitrogen and oxygen atoms in total. The van der Waals surface area contributed by atoms with E-state index in [1.165, 1.54) is 0 Å². The molecule has 134 valence electrons. The van der Waals surface area contributed by atoms with Gasteiger partial charge in [0.25, 0.3) is 5.91 Å². The molecule has 0 saturated carbocycles. The van der Waals surface area contributed by atoms with E-state index in [-0.39, 0.29) is 5.91 Å². The van der Waals surface area contributed by atoms with E-state index in [0.29, 0.717) is 25.3 Å². The molecule has 2 aromatic carbocycles. The van der Waals surface area contributed by atoms with Gasteiger partial charge in [0.15, 0.2) is 6.10 Å². The summed E-state index contributed by atoms with van der Waals surface area (Å²) < 4.78 is 11.6. The largest absolute Gasteiger partial charge is 0.491 e. The maximum atomic E-state index is 12.3. The van der Waals surface area contributed by atoms with Gasteiger partial charge in [0.1, 0.15) is 18.1 Å². The molecule has 1 amide bonds. The van der Waals surface area contributed by atoms with Crippen LogP contribution < -0.4 is 14.8 Å². The van der Waals surface area contributed by atoms with Crippen molar-refractivity contribution in [2.24, 2.45) is 0 Å². The average Bonchev–Trinajstić information content (AvgIpc) is 2.59. The lowest BCUT2D eigenvalue weighted by molar-refractivity contribution is -0.128. The van der Waals surface area contributed by atoms with Crippen LogP contribution in [0.25, 0.3) is 0 Å². The molecule has 1 unspecified atom stereocenters. The minimum atomic E-state index is -0.498. The van der Waals surface area contributed by atoms with Crippen molar-refractivity contribution in [3.63, 3.8) is 0 Å². The first-order chi connectivity index (χ1) is 12.0. The molecule has 2 rings (SSSR count). The van der Waals surface area contributed by atoms with E-state index >= 15 is 0 Å².